The summed E-state index contributed by atoms with van der Waals surface area (Å²) in [5.41, 5.74) is 0. The summed E-state index contributed by atoms with van der Waals surface area (Å²) in [5.74, 6) is 0.0272. The monoisotopic (exact) mass is 552 g/mol. The molecule has 3 rings (SSSR count). The van der Waals surface area contributed by atoms with Crippen molar-refractivity contribution in [3.63, 3.8) is 0 Å². The minimum atomic E-state index is -1.01. The van der Waals surface area contributed by atoms with Gasteiger partial charge in [-0.25, -0.2) is 0 Å². The predicted octanol–water partition coefficient (Wildman–Crippen LogP) is 2.07. The molecule has 1 unspecified atom stereocenters. The molecule has 3 fully saturated rings. The highest BCUT2D eigenvalue weighted by molar-refractivity contribution is 14.1. The van der Waals surface area contributed by atoms with Crippen molar-refractivity contribution >= 4 is 34.3 Å². The Morgan fingerprint density at radius 3 is 2.48 bits per heavy atom. The molecule has 176 valence electrons. The Hall–Kier alpha value is -0.590. The number of halogens is 1. The zero-order chi connectivity index (χ0) is 22.7. The van der Waals surface area contributed by atoms with Gasteiger partial charge >= 0.3 is 5.97 Å². The summed E-state index contributed by atoms with van der Waals surface area (Å²) in [6, 6.07) is 0. The maximum atomic E-state index is 12.5. The van der Waals surface area contributed by atoms with Crippen molar-refractivity contribution in [2.24, 2.45) is 5.92 Å². The van der Waals surface area contributed by atoms with E-state index < -0.39 is 36.6 Å². The molecule has 0 radical (unpaired) electrons. The number of hydrogen-bond acceptors (Lipinski definition) is 8. The minimum Gasteiger partial charge on any atom is -0.469 e. The van der Waals surface area contributed by atoms with Gasteiger partial charge < -0.3 is 29.2 Å². The SMILES string of the molecule is C=C(I)C[C@H](C)CCC(=O)C[C@H]1O[C@@H]2C(O[C@H]3CC[C@H](CC(=O)OC)O[C@@H]3[C@@H]2O)[C@H]1O. The van der Waals surface area contributed by atoms with Crippen LogP contribution in [0.25, 0.3) is 0 Å². The molecule has 0 saturated carbocycles. The van der Waals surface area contributed by atoms with Crippen LogP contribution < -0.4 is 0 Å². The van der Waals surface area contributed by atoms with Gasteiger partial charge in [0.25, 0.3) is 0 Å². The summed E-state index contributed by atoms with van der Waals surface area (Å²) in [6.07, 6.45) is -2.10. The predicted molar refractivity (Wildman–Crippen MR) is 120 cm³/mol. The van der Waals surface area contributed by atoms with Crippen molar-refractivity contribution in [2.75, 3.05) is 7.11 Å². The second kappa shape index (κ2) is 11.0. The summed E-state index contributed by atoms with van der Waals surface area (Å²) >= 11 is 2.20. The van der Waals surface area contributed by atoms with E-state index in [1.807, 2.05) is 0 Å². The van der Waals surface area contributed by atoms with Crippen LogP contribution in [0.1, 0.15) is 51.9 Å². The first kappa shape index (κ1) is 25.0. The van der Waals surface area contributed by atoms with Gasteiger partial charge in [-0.15, -0.1) is 0 Å². The Kier molecular flexibility index (Phi) is 8.90. The van der Waals surface area contributed by atoms with E-state index in [0.29, 0.717) is 25.2 Å². The summed E-state index contributed by atoms with van der Waals surface area (Å²) < 4.78 is 23.6. The molecule has 0 spiro atoms. The lowest BCUT2D eigenvalue weighted by Gasteiger charge is -2.46. The molecule has 0 aromatic carbocycles. The standard InChI is InChI=1S/C22H33IO8/c1-11(8-12(2)23)4-5-13(24)9-16-18(26)21-22(31-16)19(27)20-15(30-21)7-6-14(29-20)10-17(25)28-3/h11,14-16,18-22,26-27H,2,4-10H2,1,3H3/t11-,14-,15+,16-,18+,19+,20+,21?,22+/m1/s1. The van der Waals surface area contributed by atoms with Gasteiger partial charge in [-0.2, -0.15) is 0 Å². The lowest BCUT2D eigenvalue weighted by molar-refractivity contribution is -0.259. The third kappa shape index (κ3) is 6.26. The van der Waals surface area contributed by atoms with E-state index in [1.165, 1.54) is 7.11 Å². The van der Waals surface area contributed by atoms with E-state index in [0.717, 1.165) is 16.4 Å². The number of allylic oxidation sites excluding steroid dienone is 1. The average Bonchev–Trinajstić information content (AvgIpc) is 3.02. The number of fused-ring (bicyclic) bond motifs is 2. The van der Waals surface area contributed by atoms with Crippen LogP contribution in [0.3, 0.4) is 0 Å². The zero-order valence-corrected chi connectivity index (χ0v) is 20.2. The molecular formula is C22H33IO8. The smallest absolute Gasteiger partial charge is 0.308 e. The van der Waals surface area contributed by atoms with E-state index in [2.05, 4.69) is 36.1 Å². The maximum Gasteiger partial charge on any atom is 0.308 e. The van der Waals surface area contributed by atoms with Gasteiger partial charge in [0, 0.05) is 12.8 Å². The number of esters is 1. The minimum absolute atomic E-state index is 0.0231. The molecule has 3 saturated heterocycles. The molecule has 31 heavy (non-hydrogen) atoms. The van der Waals surface area contributed by atoms with Gasteiger partial charge in [-0.1, -0.05) is 13.5 Å². The molecular weight excluding hydrogens is 519 g/mol. The number of aliphatic hydroxyl groups is 2. The number of ketones is 1. The van der Waals surface area contributed by atoms with Crippen molar-refractivity contribution in [3.05, 3.63) is 10.2 Å². The van der Waals surface area contributed by atoms with Crippen LogP contribution in [0, 0.1) is 5.92 Å². The van der Waals surface area contributed by atoms with Crippen LogP contribution in [0.5, 0.6) is 0 Å². The molecule has 0 amide bonds. The molecule has 3 aliphatic rings. The third-order valence-corrected chi connectivity index (χ3v) is 6.84. The first-order valence-corrected chi connectivity index (χ1v) is 12.0. The van der Waals surface area contributed by atoms with Gasteiger partial charge in [-0.05, 0) is 57.8 Å². The maximum absolute atomic E-state index is 12.5. The van der Waals surface area contributed by atoms with Gasteiger partial charge in [-0.3, -0.25) is 9.59 Å². The highest BCUT2D eigenvalue weighted by atomic mass is 127. The fraction of sp³-hybridized carbons (Fsp3) is 0.818. The molecule has 8 nitrogen and oxygen atoms in total. The highest BCUT2D eigenvalue weighted by Crippen LogP contribution is 2.40. The number of hydrogen-bond donors (Lipinski definition) is 2. The van der Waals surface area contributed by atoms with E-state index >= 15 is 0 Å². The molecule has 0 bridgehead atoms. The Balaban J connectivity index is 1.54. The van der Waals surface area contributed by atoms with Crippen LogP contribution in [0.2, 0.25) is 0 Å². The molecule has 0 aromatic heterocycles. The third-order valence-electron chi connectivity index (χ3n) is 6.40. The Labute approximate surface area is 196 Å². The number of methoxy groups -OCH3 is 1. The molecule has 0 aromatic rings. The lowest BCUT2D eigenvalue weighted by Crippen LogP contribution is -2.61. The van der Waals surface area contributed by atoms with Crippen LogP contribution in [0.15, 0.2) is 10.2 Å². The van der Waals surface area contributed by atoms with Crippen molar-refractivity contribution in [1.82, 2.24) is 0 Å². The number of carbonyl (C=O) groups is 2. The second-order valence-electron chi connectivity index (χ2n) is 8.95. The fourth-order valence-electron chi connectivity index (χ4n) is 4.73. The largest absolute Gasteiger partial charge is 0.469 e. The summed E-state index contributed by atoms with van der Waals surface area (Å²) in [4.78, 5) is 24.0. The molecule has 9 heteroatoms. The van der Waals surface area contributed by atoms with Crippen LogP contribution in [-0.2, 0) is 28.5 Å². The normalized spacial score (nSPS) is 38.1. The first-order chi connectivity index (χ1) is 14.7. The molecule has 9 atom stereocenters. The topological polar surface area (TPSA) is 112 Å². The van der Waals surface area contributed by atoms with E-state index in [4.69, 9.17) is 18.9 Å². The number of rotatable bonds is 9. The molecule has 2 N–H and O–H groups in total. The van der Waals surface area contributed by atoms with Crippen LogP contribution >= 0.6 is 22.6 Å². The Morgan fingerprint density at radius 1 is 1.10 bits per heavy atom. The van der Waals surface area contributed by atoms with Gasteiger partial charge in [0.1, 0.15) is 36.3 Å². The van der Waals surface area contributed by atoms with Gasteiger partial charge in [0.05, 0.1) is 31.8 Å². The van der Waals surface area contributed by atoms with E-state index in [-0.39, 0.29) is 36.8 Å². The summed E-state index contributed by atoms with van der Waals surface area (Å²) in [5, 5.41) is 21.6. The number of carbonyl (C=O) groups excluding carboxylic acids is 2. The lowest BCUT2D eigenvalue weighted by atomic mass is 9.87. The zero-order valence-electron chi connectivity index (χ0n) is 18.1. The van der Waals surface area contributed by atoms with Gasteiger partial charge in [0.15, 0.2) is 0 Å². The second-order valence-corrected chi connectivity index (χ2v) is 10.5. The summed E-state index contributed by atoms with van der Waals surface area (Å²) in [7, 11) is 1.33. The van der Waals surface area contributed by atoms with E-state index in [1.54, 1.807) is 0 Å². The first-order valence-electron chi connectivity index (χ1n) is 10.9. The molecule has 3 heterocycles. The number of ether oxygens (including phenoxy) is 4. The van der Waals surface area contributed by atoms with E-state index in [9.17, 15) is 19.8 Å². The number of aliphatic hydroxyl groups excluding tert-OH is 2. The van der Waals surface area contributed by atoms with Crippen molar-refractivity contribution in [1.29, 1.82) is 0 Å². The Morgan fingerprint density at radius 2 is 1.81 bits per heavy atom. The Bertz CT molecular complexity index is 670. The van der Waals surface area contributed by atoms with Crippen LogP contribution in [-0.4, -0.2) is 77.9 Å². The number of Topliss-reactive ketones (excluding diaryl/α,β-unsaturated/α-hetero) is 1. The highest BCUT2D eigenvalue weighted by Gasteiger charge is 2.57. The fourth-order valence-corrected chi connectivity index (χ4v) is 5.48. The molecule has 0 aliphatic carbocycles. The van der Waals surface area contributed by atoms with Crippen molar-refractivity contribution < 1.29 is 38.7 Å². The van der Waals surface area contributed by atoms with Crippen molar-refractivity contribution in [2.45, 2.75) is 101 Å². The summed E-state index contributed by atoms with van der Waals surface area (Å²) in [6.45, 7) is 5.98. The average molecular weight is 552 g/mol. The quantitative estimate of drug-likeness (QED) is 0.331. The van der Waals surface area contributed by atoms with Crippen LogP contribution in [0.4, 0.5) is 0 Å². The van der Waals surface area contributed by atoms with Gasteiger partial charge in [0.2, 0.25) is 0 Å². The molecule has 3 aliphatic heterocycles. The van der Waals surface area contributed by atoms with Crippen molar-refractivity contribution in [3.8, 4) is 0 Å².